The van der Waals surface area contributed by atoms with Gasteiger partial charge in [-0.2, -0.15) is 0 Å². The Kier molecular flexibility index (Phi) is 2.35. The lowest BCUT2D eigenvalue weighted by Gasteiger charge is -2.48. The first-order valence-corrected chi connectivity index (χ1v) is 5.23. The van der Waals surface area contributed by atoms with Crippen LogP contribution in [0.15, 0.2) is 12.4 Å². The molecule has 2 heterocycles. The average molecular weight is 212 g/mol. The first kappa shape index (κ1) is 9.71. The molecule has 14 heavy (non-hydrogen) atoms. The molecule has 0 aliphatic carbocycles. The van der Waals surface area contributed by atoms with E-state index in [1.165, 1.54) is 6.42 Å². The highest BCUT2D eigenvalue weighted by Gasteiger charge is 2.37. The van der Waals surface area contributed by atoms with Crippen LogP contribution in [0.4, 0.5) is 5.82 Å². The molecule has 3 nitrogen and oxygen atoms in total. The SMILES string of the molecule is CCC1(C)CN(c2cncc(Cl)n2)C1. The molecule has 2 rings (SSSR count). The van der Waals surface area contributed by atoms with E-state index in [9.17, 15) is 0 Å². The fraction of sp³-hybridized carbons (Fsp3) is 0.600. The Hall–Kier alpha value is -0.830. The van der Waals surface area contributed by atoms with Crippen molar-refractivity contribution in [2.75, 3.05) is 18.0 Å². The van der Waals surface area contributed by atoms with Gasteiger partial charge in [0.05, 0.1) is 12.4 Å². The van der Waals surface area contributed by atoms with Crippen molar-refractivity contribution >= 4 is 17.4 Å². The standard InChI is InChI=1S/C10H14ClN3/c1-3-10(2)6-14(7-10)9-5-12-4-8(11)13-9/h4-5H,3,6-7H2,1-2H3. The minimum absolute atomic E-state index is 0.448. The van der Waals surface area contributed by atoms with Gasteiger partial charge in [-0.3, -0.25) is 4.98 Å². The van der Waals surface area contributed by atoms with Gasteiger partial charge in [0.2, 0.25) is 0 Å². The summed E-state index contributed by atoms with van der Waals surface area (Å²) in [7, 11) is 0. The highest BCUT2D eigenvalue weighted by Crippen LogP contribution is 2.35. The predicted octanol–water partition coefficient (Wildman–Crippen LogP) is 2.37. The molecule has 0 spiro atoms. The lowest BCUT2D eigenvalue weighted by atomic mass is 9.80. The van der Waals surface area contributed by atoms with E-state index in [4.69, 9.17) is 11.6 Å². The van der Waals surface area contributed by atoms with Gasteiger partial charge in [0.25, 0.3) is 0 Å². The average Bonchev–Trinajstić information content (AvgIpc) is 2.13. The van der Waals surface area contributed by atoms with Crippen LogP contribution in [-0.2, 0) is 0 Å². The largest absolute Gasteiger partial charge is 0.354 e. The van der Waals surface area contributed by atoms with Crippen LogP contribution in [0.2, 0.25) is 5.15 Å². The van der Waals surface area contributed by atoms with E-state index in [2.05, 4.69) is 28.7 Å². The molecule has 1 aliphatic heterocycles. The molecule has 0 amide bonds. The number of aromatic nitrogens is 2. The Labute approximate surface area is 89.1 Å². The second-order valence-corrected chi connectivity index (χ2v) is 4.61. The maximum Gasteiger partial charge on any atom is 0.149 e. The van der Waals surface area contributed by atoms with Crippen LogP contribution < -0.4 is 4.90 Å². The summed E-state index contributed by atoms with van der Waals surface area (Å²) in [6.45, 7) is 6.62. The van der Waals surface area contributed by atoms with E-state index < -0.39 is 0 Å². The molecular weight excluding hydrogens is 198 g/mol. The molecule has 0 aromatic carbocycles. The molecule has 0 radical (unpaired) electrons. The zero-order valence-electron chi connectivity index (χ0n) is 8.50. The third kappa shape index (κ3) is 1.69. The van der Waals surface area contributed by atoms with E-state index in [-0.39, 0.29) is 0 Å². The van der Waals surface area contributed by atoms with Crippen LogP contribution in [-0.4, -0.2) is 23.1 Å². The van der Waals surface area contributed by atoms with E-state index >= 15 is 0 Å². The van der Waals surface area contributed by atoms with Gasteiger partial charge < -0.3 is 4.90 Å². The zero-order chi connectivity index (χ0) is 10.2. The van der Waals surface area contributed by atoms with E-state index in [0.717, 1.165) is 18.9 Å². The molecule has 0 atom stereocenters. The van der Waals surface area contributed by atoms with Crippen molar-refractivity contribution < 1.29 is 0 Å². The third-order valence-electron chi connectivity index (χ3n) is 2.92. The minimum atomic E-state index is 0.448. The second-order valence-electron chi connectivity index (χ2n) is 4.22. The number of rotatable bonds is 2. The molecule has 76 valence electrons. The molecular formula is C10H14ClN3. The number of hydrogen-bond donors (Lipinski definition) is 0. The Morgan fingerprint density at radius 1 is 1.50 bits per heavy atom. The lowest BCUT2D eigenvalue weighted by molar-refractivity contribution is 0.232. The van der Waals surface area contributed by atoms with Gasteiger partial charge in [0.15, 0.2) is 0 Å². The highest BCUT2D eigenvalue weighted by molar-refractivity contribution is 6.29. The van der Waals surface area contributed by atoms with Crippen LogP contribution in [0.3, 0.4) is 0 Å². The Balaban J connectivity index is 2.06. The van der Waals surface area contributed by atoms with Gasteiger partial charge in [-0.15, -0.1) is 0 Å². The number of nitrogens with zero attached hydrogens (tertiary/aromatic N) is 3. The van der Waals surface area contributed by atoms with Gasteiger partial charge in [-0.05, 0) is 6.42 Å². The van der Waals surface area contributed by atoms with E-state index in [1.807, 2.05) is 0 Å². The van der Waals surface area contributed by atoms with Crippen LogP contribution >= 0.6 is 11.6 Å². The van der Waals surface area contributed by atoms with Crippen molar-refractivity contribution in [3.63, 3.8) is 0 Å². The highest BCUT2D eigenvalue weighted by atomic mass is 35.5. The van der Waals surface area contributed by atoms with Crippen LogP contribution in [0.1, 0.15) is 20.3 Å². The van der Waals surface area contributed by atoms with Crippen molar-refractivity contribution in [2.24, 2.45) is 5.41 Å². The molecule has 0 bridgehead atoms. The summed E-state index contributed by atoms with van der Waals surface area (Å²) < 4.78 is 0. The fourth-order valence-electron chi connectivity index (χ4n) is 1.75. The summed E-state index contributed by atoms with van der Waals surface area (Å²) in [4.78, 5) is 10.5. The molecule has 0 saturated carbocycles. The van der Waals surface area contributed by atoms with Gasteiger partial charge in [0.1, 0.15) is 11.0 Å². The van der Waals surface area contributed by atoms with Gasteiger partial charge in [-0.1, -0.05) is 25.4 Å². The van der Waals surface area contributed by atoms with Crippen LogP contribution in [0, 0.1) is 5.41 Å². The Morgan fingerprint density at radius 3 is 2.79 bits per heavy atom. The monoisotopic (exact) mass is 211 g/mol. The van der Waals surface area contributed by atoms with Crippen molar-refractivity contribution in [3.05, 3.63) is 17.5 Å². The molecule has 1 saturated heterocycles. The minimum Gasteiger partial charge on any atom is -0.354 e. The van der Waals surface area contributed by atoms with Gasteiger partial charge in [-0.25, -0.2) is 4.98 Å². The summed E-state index contributed by atoms with van der Waals surface area (Å²) in [6, 6.07) is 0. The predicted molar refractivity (Wildman–Crippen MR) is 57.7 cm³/mol. The second kappa shape index (κ2) is 3.39. The van der Waals surface area contributed by atoms with Crippen LogP contribution in [0.25, 0.3) is 0 Å². The molecule has 4 heteroatoms. The molecule has 0 N–H and O–H groups in total. The van der Waals surface area contributed by atoms with E-state index in [0.29, 0.717) is 10.6 Å². The quantitative estimate of drug-likeness (QED) is 0.752. The molecule has 1 fully saturated rings. The zero-order valence-corrected chi connectivity index (χ0v) is 9.25. The third-order valence-corrected chi connectivity index (χ3v) is 3.10. The maximum absolute atomic E-state index is 5.77. The lowest BCUT2D eigenvalue weighted by Crippen LogP contribution is -2.54. The van der Waals surface area contributed by atoms with Gasteiger partial charge in [0, 0.05) is 18.5 Å². The summed E-state index contributed by atoms with van der Waals surface area (Å²) >= 11 is 5.77. The Morgan fingerprint density at radius 2 is 2.21 bits per heavy atom. The first-order chi connectivity index (χ1) is 6.63. The van der Waals surface area contributed by atoms with Gasteiger partial charge >= 0.3 is 0 Å². The normalized spacial score (nSPS) is 19.2. The van der Waals surface area contributed by atoms with Crippen LogP contribution in [0.5, 0.6) is 0 Å². The number of hydrogen-bond acceptors (Lipinski definition) is 3. The van der Waals surface area contributed by atoms with Crippen molar-refractivity contribution in [1.29, 1.82) is 0 Å². The molecule has 1 aliphatic rings. The summed E-state index contributed by atoms with van der Waals surface area (Å²) in [5, 5.41) is 0.465. The molecule has 0 unspecified atom stereocenters. The number of anilines is 1. The fourth-order valence-corrected chi connectivity index (χ4v) is 1.89. The Bertz CT molecular complexity index is 334. The smallest absolute Gasteiger partial charge is 0.149 e. The summed E-state index contributed by atoms with van der Waals surface area (Å²) in [6.07, 6.45) is 4.53. The maximum atomic E-state index is 5.77. The van der Waals surface area contributed by atoms with Crippen molar-refractivity contribution in [1.82, 2.24) is 9.97 Å². The molecule has 1 aromatic rings. The van der Waals surface area contributed by atoms with Crippen molar-refractivity contribution in [3.8, 4) is 0 Å². The van der Waals surface area contributed by atoms with E-state index in [1.54, 1.807) is 12.4 Å². The topological polar surface area (TPSA) is 29.0 Å². The first-order valence-electron chi connectivity index (χ1n) is 4.85. The molecule has 1 aromatic heterocycles. The summed E-state index contributed by atoms with van der Waals surface area (Å²) in [5.41, 5.74) is 0.448. The van der Waals surface area contributed by atoms with Crippen molar-refractivity contribution in [2.45, 2.75) is 20.3 Å². The number of halogens is 1. The summed E-state index contributed by atoms with van der Waals surface area (Å²) in [5.74, 6) is 0.892.